The third kappa shape index (κ3) is 5.20. The van der Waals surface area contributed by atoms with Crippen molar-refractivity contribution in [2.75, 3.05) is 18.6 Å². The molecule has 0 radical (unpaired) electrons. The Bertz CT molecular complexity index is 1240. The lowest BCUT2D eigenvalue weighted by molar-refractivity contribution is 0.0514. The maximum atomic E-state index is 12.0. The summed E-state index contributed by atoms with van der Waals surface area (Å²) >= 11 is 6.15. The minimum Gasteiger partial charge on any atom is -0.461 e. The fourth-order valence-corrected chi connectivity index (χ4v) is 4.23. The van der Waals surface area contributed by atoms with Gasteiger partial charge in [-0.1, -0.05) is 59.2 Å². The van der Waals surface area contributed by atoms with Crippen LogP contribution in [-0.2, 0) is 11.2 Å². The van der Waals surface area contributed by atoms with E-state index in [0.717, 1.165) is 11.3 Å². The number of anilines is 1. The molecule has 1 aromatic heterocycles. The molecule has 2 atom stereocenters. The van der Waals surface area contributed by atoms with Crippen LogP contribution in [0.4, 0.5) is 5.69 Å². The van der Waals surface area contributed by atoms with Crippen LogP contribution in [0, 0.1) is 0 Å². The van der Waals surface area contributed by atoms with E-state index in [1.165, 1.54) is 10.8 Å². The van der Waals surface area contributed by atoms with Crippen molar-refractivity contribution in [1.29, 1.82) is 0 Å². The van der Waals surface area contributed by atoms with E-state index in [1.807, 2.05) is 30.3 Å². The summed E-state index contributed by atoms with van der Waals surface area (Å²) in [7, 11) is 2.10. The van der Waals surface area contributed by atoms with Crippen LogP contribution in [0.2, 0.25) is 5.02 Å². The molecule has 2 unspecified atom stereocenters. The first-order valence-corrected chi connectivity index (χ1v) is 11.4. The van der Waals surface area contributed by atoms with Crippen molar-refractivity contribution in [3.63, 3.8) is 0 Å². The van der Waals surface area contributed by atoms with Crippen molar-refractivity contribution in [2.24, 2.45) is 0 Å². The average molecular weight is 463 g/mol. The lowest BCUT2D eigenvalue weighted by Gasteiger charge is -2.34. The van der Waals surface area contributed by atoms with Gasteiger partial charge in [0.1, 0.15) is 5.76 Å². The Balaban J connectivity index is 1.63. The molecule has 33 heavy (non-hydrogen) atoms. The van der Waals surface area contributed by atoms with Crippen molar-refractivity contribution in [3.8, 4) is 0 Å². The second-order valence-corrected chi connectivity index (χ2v) is 8.58. The number of esters is 1. The molecule has 0 aliphatic heterocycles. The molecular weight excluding hydrogens is 436 g/mol. The zero-order chi connectivity index (χ0) is 23.4. The van der Waals surface area contributed by atoms with Gasteiger partial charge in [0.15, 0.2) is 5.69 Å². The normalized spacial score (nSPS) is 13.0. The molecular formula is C27H27ClN2O3. The Morgan fingerprint density at radius 3 is 2.52 bits per heavy atom. The number of rotatable bonds is 8. The summed E-state index contributed by atoms with van der Waals surface area (Å²) in [5, 5.41) is 7.01. The van der Waals surface area contributed by atoms with Crippen molar-refractivity contribution >= 4 is 34.0 Å². The predicted molar refractivity (Wildman–Crippen MR) is 132 cm³/mol. The molecule has 0 saturated carbocycles. The number of ether oxygens (including phenoxy) is 1. The monoisotopic (exact) mass is 462 g/mol. The minimum atomic E-state index is -0.475. The van der Waals surface area contributed by atoms with Gasteiger partial charge in [0.05, 0.1) is 6.61 Å². The molecule has 1 heterocycles. The number of carbonyl (C=O) groups excluding carboxylic acids is 1. The van der Waals surface area contributed by atoms with Crippen molar-refractivity contribution < 1.29 is 14.1 Å². The fourth-order valence-electron chi connectivity index (χ4n) is 4.11. The molecule has 4 aromatic rings. The molecule has 0 amide bonds. The number of carbonyl (C=O) groups is 1. The molecule has 0 spiro atoms. The van der Waals surface area contributed by atoms with Gasteiger partial charge in [-0.15, -0.1) is 0 Å². The van der Waals surface area contributed by atoms with Gasteiger partial charge in [0.25, 0.3) is 0 Å². The minimum absolute atomic E-state index is 0.0710. The summed E-state index contributed by atoms with van der Waals surface area (Å²) < 4.78 is 10.5. The second-order valence-electron chi connectivity index (χ2n) is 8.14. The Kier molecular flexibility index (Phi) is 6.99. The lowest BCUT2D eigenvalue weighted by atomic mass is 9.87. The summed E-state index contributed by atoms with van der Waals surface area (Å²) in [5.41, 5.74) is 2.45. The largest absolute Gasteiger partial charge is 0.461 e. The molecule has 4 rings (SSSR count). The van der Waals surface area contributed by atoms with Crippen LogP contribution in [0.5, 0.6) is 0 Å². The molecule has 5 nitrogen and oxygen atoms in total. The van der Waals surface area contributed by atoms with Crippen LogP contribution in [-0.4, -0.2) is 30.8 Å². The van der Waals surface area contributed by atoms with E-state index in [0.29, 0.717) is 23.8 Å². The molecule has 0 aliphatic rings. The summed E-state index contributed by atoms with van der Waals surface area (Å²) in [4.78, 5) is 14.3. The molecule has 0 aliphatic carbocycles. The molecule has 0 bridgehead atoms. The number of halogens is 1. The van der Waals surface area contributed by atoms with E-state index < -0.39 is 5.97 Å². The van der Waals surface area contributed by atoms with Crippen molar-refractivity contribution in [1.82, 2.24) is 5.16 Å². The van der Waals surface area contributed by atoms with Crippen molar-refractivity contribution in [3.05, 3.63) is 94.8 Å². The van der Waals surface area contributed by atoms with E-state index in [9.17, 15) is 4.79 Å². The van der Waals surface area contributed by atoms with E-state index in [-0.39, 0.29) is 17.7 Å². The van der Waals surface area contributed by atoms with Crippen LogP contribution in [0.25, 0.3) is 10.8 Å². The lowest BCUT2D eigenvalue weighted by Crippen LogP contribution is -2.35. The highest BCUT2D eigenvalue weighted by atomic mass is 35.5. The van der Waals surface area contributed by atoms with Crippen molar-refractivity contribution in [2.45, 2.75) is 32.2 Å². The quantitative estimate of drug-likeness (QED) is 0.279. The summed E-state index contributed by atoms with van der Waals surface area (Å²) in [6.45, 7) is 4.25. The average Bonchev–Trinajstić information content (AvgIpc) is 3.31. The van der Waals surface area contributed by atoms with Gasteiger partial charge in [0.2, 0.25) is 0 Å². The number of nitrogens with zero attached hydrogens (tertiary/aromatic N) is 2. The van der Waals surface area contributed by atoms with Gasteiger partial charge in [-0.2, -0.15) is 0 Å². The second kappa shape index (κ2) is 10.1. The van der Waals surface area contributed by atoms with Gasteiger partial charge >= 0.3 is 5.97 Å². The predicted octanol–water partition coefficient (Wildman–Crippen LogP) is 6.51. The topological polar surface area (TPSA) is 55.6 Å². The summed E-state index contributed by atoms with van der Waals surface area (Å²) in [5.74, 6) is 0.232. The Morgan fingerprint density at radius 1 is 1.06 bits per heavy atom. The highest BCUT2D eigenvalue weighted by molar-refractivity contribution is 6.30. The van der Waals surface area contributed by atoms with Crippen LogP contribution in [0.3, 0.4) is 0 Å². The number of hydrogen-bond donors (Lipinski definition) is 0. The van der Waals surface area contributed by atoms with Crippen LogP contribution in [0.1, 0.15) is 41.6 Å². The number of fused-ring (bicyclic) bond motifs is 1. The Morgan fingerprint density at radius 2 is 1.79 bits per heavy atom. The molecule has 170 valence electrons. The van der Waals surface area contributed by atoms with Crippen LogP contribution in [0.15, 0.2) is 77.3 Å². The Hall–Kier alpha value is -3.31. The van der Waals surface area contributed by atoms with Crippen LogP contribution < -0.4 is 4.90 Å². The SMILES string of the molecule is CCOC(=O)c1cc(CC(c2ccc(Cl)cc2)C(C)N(C)c2ccc3ccccc3c2)on1. The number of aromatic nitrogens is 1. The highest BCUT2D eigenvalue weighted by Crippen LogP contribution is 2.32. The first-order valence-electron chi connectivity index (χ1n) is 11.1. The van der Waals surface area contributed by atoms with Gasteiger partial charge in [-0.05, 0) is 54.4 Å². The van der Waals surface area contributed by atoms with E-state index >= 15 is 0 Å². The van der Waals surface area contributed by atoms with E-state index in [2.05, 4.69) is 60.4 Å². The number of benzene rings is 3. The zero-order valence-corrected chi connectivity index (χ0v) is 19.8. The summed E-state index contributed by atoms with van der Waals surface area (Å²) in [6, 6.07) is 24.5. The van der Waals surface area contributed by atoms with Gasteiger partial charge in [-0.25, -0.2) is 4.79 Å². The van der Waals surface area contributed by atoms with Crippen LogP contribution >= 0.6 is 11.6 Å². The Labute approximate surface area is 198 Å². The summed E-state index contributed by atoms with van der Waals surface area (Å²) in [6.07, 6.45) is 0.577. The molecule has 6 heteroatoms. The standard InChI is InChI=1S/C27H27ClN2O3/c1-4-32-27(31)26-17-24(33-29-26)16-25(20-9-12-22(28)13-10-20)18(2)30(3)23-14-11-19-7-5-6-8-21(19)15-23/h5-15,17-18,25H,4,16H2,1-3H3. The molecule has 0 N–H and O–H groups in total. The number of likely N-dealkylation sites (N-methyl/N-ethyl adjacent to an activating group) is 1. The molecule has 0 saturated heterocycles. The first-order chi connectivity index (χ1) is 16.0. The molecule has 0 fully saturated rings. The van der Waals surface area contributed by atoms with E-state index in [4.69, 9.17) is 20.9 Å². The third-order valence-corrected chi connectivity index (χ3v) is 6.35. The maximum Gasteiger partial charge on any atom is 0.360 e. The van der Waals surface area contributed by atoms with Gasteiger partial charge < -0.3 is 14.2 Å². The van der Waals surface area contributed by atoms with Gasteiger partial charge in [-0.3, -0.25) is 0 Å². The smallest absolute Gasteiger partial charge is 0.360 e. The maximum absolute atomic E-state index is 12.0. The van der Waals surface area contributed by atoms with E-state index in [1.54, 1.807) is 13.0 Å². The fraction of sp³-hybridized carbons (Fsp3) is 0.259. The third-order valence-electron chi connectivity index (χ3n) is 6.10. The highest BCUT2D eigenvalue weighted by Gasteiger charge is 2.26. The van der Waals surface area contributed by atoms with Gasteiger partial charge in [0, 0.05) is 42.2 Å². The first kappa shape index (κ1) is 22.9. The number of hydrogen-bond acceptors (Lipinski definition) is 5. The zero-order valence-electron chi connectivity index (χ0n) is 19.0. The molecule has 3 aromatic carbocycles.